The molecule has 0 saturated carbocycles. The number of hydrogen-bond donors (Lipinski definition) is 1. The Labute approximate surface area is 108 Å². The van der Waals surface area contributed by atoms with Crippen LogP contribution in [0.2, 0.25) is 0 Å². The number of pyridine rings is 1. The fourth-order valence-corrected chi connectivity index (χ4v) is 3.15. The van der Waals surface area contributed by atoms with Gasteiger partial charge < -0.3 is 4.74 Å². The minimum absolute atomic E-state index is 0.298. The van der Waals surface area contributed by atoms with Crippen molar-refractivity contribution in [3.63, 3.8) is 0 Å². The van der Waals surface area contributed by atoms with Crippen LogP contribution in [0.1, 0.15) is 32.3 Å². The second-order valence-electron chi connectivity index (χ2n) is 5.40. The van der Waals surface area contributed by atoms with E-state index in [4.69, 9.17) is 4.74 Å². The first-order valence-corrected chi connectivity index (χ1v) is 6.83. The molecule has 3 atom stereocenters. The predicted molar refractivity (Wildman–Crippen MR) is 70.4 cm³/mol. The molecule has 1 N–H and O–H groups in total. The highest BCUT2D eigenvalue weighted by molar-refractivity contribution is 5.26. The lowest BCUT2D eigenvalue weighted by Gasteiger charge is -2.34. The number of hydrogen-bond acceptors (Lipinski definition) is 4. The van der Waals surface area contributed by atoms with Gasteiger partial charge in [0.2, 0.25) is 5.88 Å². The molecule has 1 aromatic heterocycles. The normalized spacial score (nSPS) is 32.7. The Morgan fingerprint density at radius 2 is 2.11 bits per heavy atom. The fraction of sp³-hybridized carbons (Fsp3) is 0.643. The number of fused-ring (bicyclic) bond motifs is 1. The summed E-state index contributed by atoms with van der Waals surface area (Å²) in [5, 5.41) is 3.60. The van der Waals surface area contributed by atoms with Crippen molar-refractivity contribution in [3.8, 4) is 5.88 Å². The summed E-state index contributed by atoms with van der Waals surface area (Å²) in [5.74, 6) is 0.784. The molecule has 3 heterocycles. The summed E-state index contributed by atoms with van der Waals surface area (Å²) in [6.07, 6.45) is 4.65. The van der Waals surface area contributed by atoms with Gasteiger partial charge in [-0.3, -0.25) is 10.2 Å². The SMILES string of the molecule is CC1CCC(C)N1C1COc2ncccc2CN1. The summed E-state index contributed by atoms with van der Waals surface area (Å²) in [6, 6.07) is 5.31. The molecule has 98 valence electrons. The van der Waals surface area contributed by atoms with Crippen LogP contribution in [0.3, 0.4) is 0 Å². The van der Waals surface area contributed by atoms with E-state index in [1.807, 2.05) is 6.07 Å². The first kappa shape index (κ1) is 11.9. The topological polar surface area (TPSA) is 37.4 Å². The zero-order valence-electron chi connectivity index (χ0n) is 11.1. The number of likely N-dealkylation sites (tertiary alicyclic amines) is 1. The van der Waals surface area contributed by atoms with Crippen molar-refractivity contribution in [3.05, 3.63) is 23.9 Å². The number of nitrogens with one attached hydrogen (secondary N) is 1. The molecule has 3 unspecified atom stereocenters. The van der Waals surface area contributed by atoms with Crippen LogP contribution in [0.15, 0.2) is 18.3 Å². The monoisotopic (exact) mass is 247 g/mol. The van der Waals surface area contributed by atoms with Crippen LogP contribution in [-0.2, 0) is 6.54 Å². The molecule has 0 spiro atoms. The molecule has 2 aliphatic heterocycles. The Bertz CT molecular complexity index is 386. The van der Waals surface area contributed by atoms with Crippen molar-refractivity contribution in [2.75, 3.05) is 6.61 Å². The maximum absolute atomic E-state index is 5.85. The molecule has 1 aromatic rings. The van der Waals surface area contributed by atoms with Crippen LogP contribution in [0.25, 0.3) is 0 Å². The average molecular weight is 247 g/mol. The van der Waals surface area contributed by atoms with Crippen molar-refractivity contribution in [1.82, 2.24) is 15.2 Å². The second kappa shape index (κ2) is 4.86. The largest absolute Gasteiger partial charge is 0.474 e. The van der Waals surface area contributed by atoms with E-state index in [-0.39, 0.29) is 0 Å². The molecule has 18 heavy (non-hydrogen) atoms. The fourth-order valence-electron chi connectivity index (χ4n) is 3.15. The smallest absolute Gasteiger partial charge is 0.217 e. The molecule has 4 nitrogen and oxygen atoms in total. The summed E-state index contributed by atoms with van der Waals surface area (Å²) < 4.78 is 5.85. The van der Waals surface area contributed by atoms with Crippen molar-refractivity contribution in [2.45, 2.75) is 51.5 Å². The van der Waals surface area contributed by atoms with Crippen LogP contribution in [0.4, 0.5) is 0 Å². The number of nitrogens with zero attached hydrogens (tertiary/aromatic N) is 2. The Kier molecular flexibility index (Phi) is 3.22. The highest BCUT2D eigenvalue weighted by Gasteiger charge is 2.34. The summed E-state index contributed by atoms with van der Waals surface area (Å²) in [6.45, 7) is 6.13. The minimum Gasteiger partial charge on any atom is -0.474 e. The quantitative estimate of drug-likeness (QED) is 0.820. The first-order valence-electron chi connectivity index (χ1n) is 6.83. The standard InChI is InChI=1S/C14H21N3O/c1-10-5-6-11(2)17(10)13-9-18-14-12(8-16-13)4-3-7-15-14/h3-4,7,10-11,13,16H,5-6,8-9H2,1-2H3. The van der Waals surface area contributed by atoms with Crippen molar-refractivity contribution < 1.29 is 4.74 Å². The van der Waals surface area contributed by atoms with Gasteiger partial charge in [-0.1, -0.05) is 6.07 Å². The van der Waals surface area contributed by atoms with Crippen LogP contribution in [-0.4, -0.2) is 34.7 Å². The molecule has 1 saturated heterocycles. The minimum atomic E-state index is 0.298. The van der Waals surface area contributed by atoms with E-state index in [1.54, 1.807) is 6.20 Å². The van der Waals surface area contributed by atoms with E-state index in [1.165, 1.54) is 12.8 Å². The van der Waals surface area contributed by atoms with Crippen molar-refractivity contribution in [1.29, 1.82) is 0 Å². The van der Waals surface area contributed by atoms with Crippen LogP contribution in [0, 0.1) is 0 Å². The average Bonchev–Trinajstić information content (AvgIpc) is 2.62. The number of ether oxygens (including phenoxy) is 1. The molecule has 4 heteroatoms. The van der Waals surface area contributed by atoms with Gasteiger partial charge in [-0.25, -0.2) is 4.98 Å². The maximum atomic E-state index is 5.85. The maximum Gasteiger partial charge on any atom is 0.217 e. The molecular weight excluding hydrogens is 226 g/mol. The summed E-state index contributed by atoms with van der Waals surface area (Å²) in [5.41, 5.74) is 1.15. The second-order valence-corrected chi connectivity index (χ2v) is 5.40. The van der Waals surface area contributed by atoms with Gasteiger partial charge in [0.1, 0.15) is 6.61 Å². The van der Waals surface area contributed by atoms with Gasteiger partial charge in [-0.15, -0.1) is 0 Å². The lowest BCUT2D eigenvalue weighted by atomic mass is 10.2. The molecule has 2 aliphatic rings. The predicted octanol–water partition coefficient (Wildman–Crippen LogP) is 1.76. The summed E-state index contributed by atoms with van der Waals surface area (Å²) in [4.78, 5) is 6.85. The number of aromatic nitrogens is 1. The highest BCUT2D eigenvalue weighted by atomic mass is 16.5. The first-order chi connectivity index (χ1) is 8.75. The molecule has 3 rings (SSSR count). The zero-order chi connectivity index (χ0) is 12.5. The van der Waals surface area contributed by atoms with Crippen molar-refractivity contribution >= 4 is 0 Å². The molecule has 0 radical (unpaired) electrons. The van der Waals surface area contributed by atoms with Gasteiger partial charge in [0.05, 0.1) is 6.17 Å². The Balaban J connectivity index is 1.75. The molecular formula is C14H21N3O. The van der Waals surface area contributed by atoms with E-state index in [0.717, 1.165) is 18.0 Å². The molecule has 0 aliphatic carbocycles. The molecule has 0 bridgehead atoms. The van der Waals surface area contributed by atoms with Crippen LogP contribution in [0.5, 0.6) is 5.88 Å². The zero-order valence-corrected chi connectivity index (χ0v) is 11.1. The molecule has 0 aromatic carbocycles. The van der Waals surface area contributed by atoms with E-state index >= 15 is 0 Å². The van der Waals surface area contributed by atoms with E-state index in [2.05, 4.69) is 35.1 Å². The lowest BCUT2D eigenvalue weighted by Crippen LogP contribution is -2.52. The third-order valence-corrected chi connectivity index (χ3v) is 4.14. The molecule has 1 fully saturated rings. The van der Waals surface area contributed by atoms with E-state index in [0.29, 0.717) is 24.9 Å². The van der Waals surface area contributed by atoms with E-state index in [9.17, 15) is 0 Å². The lowest BCUT2D eigenvalue weighted by molar-refractivity contribution is 0.0797. The Hall–Kier alpha value is -1.13. The Morgan fingerprint density at radius 1 is 1.33 bits per heavy atom. The van der Waals surface area contributed by atoms with Gasteiger partial charge >= 0.3 is 0 Å². The number of rotatable bonds is 1. The Morgan fingerprint density at radius 3 is 2.89 bits per heavy atom. The van der Waals surface area contributed by atoms with Gasteiger partial charge in [-0.2, -0.15) is 0 Å². The third kappa shape index (κ3) is 2.10. The van der Waals surface area contributed by atoms with Crippen molar-refractivity contribution in [2.24, 2.45) is 0 Å². The van der Waals surface area contributed by atoms with Gasteiger partial charge in [-0.05, 0) is 32.8 Å². The summed E-state index contributed by atoms with van der Waals surface area (Å²) in [7, 11) is 0. The van der Waals surface area contributed by atoms with Crippen LogP contribution < -0.4 is 10.1 Å². The molecule has 0 amide bonds. The van der Waals surface area contributed by atoms with E-state index < -0.39 is 0 Å². The summed E-state index contributed by atoms with van der Waals surface area (Å²) >= 11 is 0. The van der Waals surface area contributed by atoms with Gasteiger partial charge in [0.15, 0.2) is 0 Å². The van der Waals surface area contributed by atoms with Gasteiger partial charge in [0, 0.05) is 30.4 Å². The third-order valence-electron chi connectivity index (χ3n) is 4.14. The van der Waals surface area contributed by atoms with Gasteiger partial charge in [0.25, 0.3) is 0 Å². The van der Waals surface area contributed by atoms with Crippen LogP contribution >= 0.6 is 0 Å². The highest BCUT2D eigenvalue weighted by Crippen LogP contribution is 2.27.